The molecule has 8 aromatic rings. The molecule has 0 aliphatic carbocycles. The van der Waals surface area contributed by atoms with Gasteiger partial charge in [-0.25, -0.2) is 26.8 Å². The molecule has 0 fully saturated rings. The molecule has 0 saturated heterocycles. The standard InChI is InChI=1S/C48H36N8O16S4/c1-73(63,64)33-13-17-39(57)37(23-33)53-55-43-41(75(67,68)69)21-27-19-31(11-15-35(27)45(43)59)49-47(61)25-3-7-29(8-4-25)51-52-30-9-5-26(6-10-30)48(62)50-32-12-16-36-28(20-32)22-42(76(70,71)72)44(46(36)60)56-54-38-24-34(74(2,65)66)14-18-40(38)58/h3-24,57-60H,1-2H3,(H,49,61)(H,50,62)(H,67,68,69)(H,70,71,72). The maximum Gasteiger partial charge on any atom is 0.296 e. The van der Waals surface area contributed by atoms with E-state index in [-0.39, 0.29) is 65.2 Å². The van der Waals surface area contributed by atoms with Gasteiger partial charge in [-0.15, -0.1) is 20.5 Å². The minimum absolute atomic E-state index is 0.0239. The summed E-state index contributed by atoms with van der Waals surface area (Å²) in [5, 5.41) is 87.7. The first-order valence-electron chi connectivity index (χ1n) is 21.3. The lowest BCUT2D eigenvalue weighted by Gasteiger charge is -2.10. The Labute approximate surface area is 430 Å². The fraction of sp³-hybridized carbons (Fsp3) is 0.0417. The monoisotopic (exact) mass is 1110 g/mol. The Morgan fingerprint density at radius 3 is 1.07 bits per heavy atom. The Kier molecular flexibility index (Phi) is 14.2. The van der Waals surface area contributed by atoms with Crippen LogP contribution in [0.15, 0.2) is 194 Å². The summed E-state index contributed by atoms with van der Waals surface area (Å²) in [4.78, 5) is 6.12. The van der Waals surface area contributed by atoms with Gasteiger partial charge in [0.25, 0.3) is 20.2 Å². The number of aliphatic imine (C=N–C) groups is 2. The van der Waals surface area contributed by atoms with Crippen molar-refractivity contribution in [2.45, 2.75) is 19.6 Å². The molecule has 388 valence electrons. The lowest BCUT2D eigenvalue weighted by Crippen LogP contribution is -1.99. The second kappa shape index (κ2) is 20.3. The van der Waals surface area contributed by atoms with Crippen LogP contribution in [0.25, 0.3) is 21.5 Å². The van der Waals surface area contributed by atoms with E-state index in [1.807, 2.05) is 0 Å². The number of phenols is 4. The van der Waals surface area contributed by atoms with Crippen LogP contribution in [-0.2, 0) is 39.9 Å². The summed E-state index contributed by atoms with van der Waals surface area (Å²) in [6.45, 7) is 0. The lowest BCUT2D eigenvalue weighted by molar-refractivity contribution is 0.471. The molecule has 0 spiro atoms. The molecule has 0 heterocycles. The first-order chi connectivity index (χ1) is 35.6. The van der Waals surface area contributed by atoms with E-state index in [1.54, 1.807) is 0 Å². The van der Waals surface area contributed by atoms with Crippen LogP contribution in [0.4, 0.5) is 45.5 Å². The van der Waals surface area contributed by atoms with Crippen LogP contribution in [-0.4, -0.2) is 97.7 Å². The molecule has 0 aliphatic heterocycles. The smallest absolute Gasteiger partial charge is 0.296 e. The zero-order valence-electron chi connectivity index (χ0n) is 38.8. The summed E-state index contributed by atoms with van der Waals surface area (Å²) in [7, 11) is -17.6. The van der Waals surface area contributed by atoms with Gasteiger partial charge in [0, 0.05) is 34.4 Å². The molecule has 76 heavy (non-hydrogen) atoms. The highest BCUT2D eigenvalue weighted by atomic mass is 32.2. The molecule has 0 saturated carbocycles. The van der Waals surface area contributed by atoms with E-state index >= 15 is 0 Å². The molecule has 28 heteroatoms. The number of azo groups is 3. The summed E-state index contributed by atoms with van der Waals surface area (Å²) < 4.78 is 118. The van der Waals surface area contributed by atoms with Crippen molar-refractivity contribution in [2.24, 2.45) is 40.7 Å². The van der Waals surface area contributed by atoms with E-state index in [4.69, 9.17) is 0 Å². The van der Waals surface area contributed by atoms with Gasteiger partial charge in [-0.2, -0.15) is 27.1 Å². The van der Waals surface area contributed by atoms with Crippen molar-refractivity contribution in [2.75, 3.05) is 12.5 Å². The number of aromatic hydroxyl groups is 4. The molecule has 8 rings (SSSR count). The Bertz CT molecular complexity index is 4060. The third-order valence-corrected chi connectivity index (χ3v) is 14.8. The number of rotatable bonds is 14. The molecule has 0 bridgehead atoms. The zero-order valence-corrected chi connectivity index (χ0v) is 42.0. The third kappa shape index (κ3) is 11.8. The second-order valence-electron chi connectivity index (χ2n) is 16.3. The fourth-order valence-electron chi connectivity index (χ4n) is 7.08. The molecule has 24 nitrogen and oxygen atoms in total. The molecule has 0 atom stereocenters. The number of hydrogen-bond acceptors (Lipinski definition) is 20. The van der Waals surface area contributed by atoms with Gasteiger partial charge in [0.2, 0.25) is 11.8 Å². The van der Waals surface area contributed by atoms with Crippen LogP contribution in [0.2, 0.25) is 0 Å². The number of aliphatic hydroxyl groups is 2. The maximum absolute atomic E-state index is 12.4. The summed E-state index contributed by atoms with van der Waals surface area (Å²) >= 11 is 0. The molecule has 8 N–H and O–H groups in total. The maximum atomic E-state index is 12.4. The van der Waals surface area contributed by atoms with Gasteiger partial charge in [0.1, 0.15) is 44.0 Å². The molecule has 0 amide bonds. The number of sulfone groups is 2. The van der Waals surface area contributed by atoms with Crippen LogP contribution in [0.1, 0.15) is 11.1 Å². The number of fused-ring (bicyclic) bond motifs is 2. The largest absolute Gasteiger partial charge is 0.506 e. The van der Waals surface area contributed by atoms with E-state index in [9.17, 15) is 73.4 Å². The number of phenolic OH excluding ortho intramolecular Hbond substituents is 4. The Morgan fingerprint density at radius 2 is 0.737 bits per heavy atom. The lowest BCUT2D eigenvalue weighted by atomic mass is 10.1. The average molecular weight is 1110 g/mol. The van der Waals surface area contributed by atoms with Crippen LogP contribution in [0.5, 0.6) is 23.0 Å². The minimum atomic E-state index is -5.07. The average Bonchev–Trinajstić information content (AvgIpc) is 3.34. The van der Waals surface area contributed by atoms with Crippen LogP contribution >= 0.6 is 0 Å². The summed E-state index contributed by atoms with van der Waals surface area (Å²) in [5.41, 5.74) is -0.840. The van der Waals surface area contributed by atoms with Crippen LogP contribution in [0.3, 0.4) is 0 Å². The van der Waals surface area contributed by atoms with Gasteiger partial charge in [0.15, 0.2) is 31.2 Å². The fourth-order valence-corrected chi connectivity index (χ4v) is 9.68. The minimum Gasteiger partial charge on any atom is -0.506 e. The second-order valence-corrected chi connectivity index (χ2v) is 23.1. The normalized spacial score (nSPS) is 13.2. The Morgan fingerprint density at radius 1 is 0.395 bits per heavy atom. The van der Waals surface area contributed by atoms with Gasteiger partial charge in [0.05, 0.1) is 32.5 Å². The van der Waals surface area contributed by atoms with Crippen molar-refractivity contribution in [3.63, 3.8) is 0 Å². The highest BCUT2D eigenvalue weighted by molar-refractivity contribution is 7.91. The van der Waals surface area contributed by atoms with E-state index in [0.717, 1.165) is 61.0 Å². The van der Waals surface area contributed by atoms with Gasteiger partial charge in [-0.1, -0.05) is 0 Å². The van der Waals surface area contributed by atoms with E-state index in [0.29, 0.717) is 11.4 Å². The zero-order chi connectivity index (χ0) is 55.1. The van der Waals surface area contributed by atoms with E-state index < -0.39 is 95.9 Å². The first kappa shape index (κ1) is 53.2. The number of benzene rings is 8. The predicted molar refractivity (Wildman–Crippen MR) is 276 cm³/mol. The summed E-state index contributed by atoms with van der Waals surface area (Å²) in [6, 6.07) is 28.2. The van der Waals surface area contributed by atoms with Crippen molar-refractivity contribution in [1.82, 2.24) is 0 Å². The molecular weight excluding hydrogens is 1070 g/mol. The van der Waals surface area contributed by atoms with Crippen molar-refractivity contribution in [1.29, 1.82) is 0 Å². The Hall–Kier alpha value is -9.06. The SMILES string of the molecule is CS(=O)(=O)c1ccc(O)c(N=Nc2c(S(=O)(=O)O)cc3cc(N=C(O)c4ccc(N=Nc5ccc(C(O)=Nc6ccc7c(O)c(N=Nc8cc(S(C)(=O)=O)ccc8O)c(S(=O)(=O)O)cc7c6)cc5)cc4)ccc3c2O)c1. The van der Waals surface area contributed by atoms with E-state index in [1.165, 1.54) is 84.9 Å². The van der Waals surface area contributed by atoms with Gasteiger partial charge >= 0.3 is 0 Å². The quantitative estimate of drug-likeness (QED) is 0.0217. The Balaban J connectivity index is 0.964. The molecule has 0 aliphatic rings. The van der Waals surface area contributed by atoms with Crippen molar-refractivity contribution in [3.05, 3.63) is 145 Å². The highest BCUT2D eigenvalue weighted by Crippen LogP contribution is 2.45. The van der Waals surface area contributed by atoms with Crippen molar-refractivity contribution >= 4 is 119 Å². The van der Waals surface area contributed by atoms with Gasteiger partial charge < -0.3 is 30.6 Å². The molecule has 0 radical (unpaired) electrons. The van der Waals surface area contributed by atoms with Gasteiger partial charge in [-0.3, -0.25) is 9.11 Å². The summed E-state index contributed by atoms with van der Waals surface area (Å²) in [5.74, 6) is -3.45. The predicted octanol–water partition coefficient (Wildman–Crippen LogP) is 10.6. The highest BCUT2D eigenvalue weighted by Gasteiger charge is 2.25. The molecular formula is C48H36N8O16S4. The van der Waals surface area contributed by atoms with Crippen molar-refractivity contribution < 1.29 is 73.4 Å². The van der Waals surface area contributed by atoms with Crippen LogP contribution < -0.4 is 0 Å². The number of aliphatic hydroxyl groups excluding tert-OH is 2. The number of hydrogen-bond donors (Lipinski definition) is 8. The van der Waals surface area contributed by atoms with Gasteiger partial charge in [-0.05, 0) is 144 Å². The first-order valence-corrected chi connectivity index (χ1v) is 27.9. The molecule has 0 aromatic heterocycles. The number of nitrogens with zero attached hydrogens (tertiary/aromatic N) is 8. The van der Waals surface area contributed by atoms with E-state index in [2.05, 4.69) is 40.7 Å². The molecule has 8 aromatic carbocycles. The third-order valence-electron chi connectivity index (χ3n) is 10.9. The summed E-state index contributed by atoms with van der Waals surface area (Å²) in [6.07, 6.45) is 1.83. The van der Waals surface area contributed by atoms with Crippen LogP contribution in [0, 0.1) is 0 Å². The molecule has 0 unspecified atom stereocenters. The van der Waals surface area contributed by atoms with Crippen molar-refractivity contribution in [3.8, 4) is 23.0 Å². The topological polar surface area (TPSA) is 397 Å².